The maximum atomic E-state index is 12.0. The van der Waals surface area contributed by atoms with E-state index in [0.29, 0.717) is 38.3 Å². The van der Waals surface area contributed by atoms with E-state index in [4.69, 9.17) is 27.4 Å². The van der Waals surface area contributed by atoms with E-state index < -0.39 is 10.0 Å². The van der Waals surface area contributed by atoms with Crippen molar-refractivity contribution < 1.29 is 17.9 Å². The number of nitrogens with two attached hydrogens (primary N) is 1. The number of nitrogens with one attached hydrogen (secondary N) is 1. The van der Waals surface area contributed by atoms with E-state index in [9.17, 15) is 8.42 Å². The summed E-state index contributed by atoms with van der Waals surface area (Å²) < 4.78 is 36.6. The van der Waals surface area contributed by atoms with Gasteiger partial charge in [-0.15, -0.1) is 0 Å². The van der Waals surface area contributed by atoms with Gasteiger partial charge >= 0.3 is 0 Å². The Balaban J connectivity index is 2.41. The zero-order valence-corrected chi connectivity index (χ0v) is 13.5. The molecular weight excluding hydrogens is 312 g/mol. The lowest BCUT2D eigenvalue weighted by molar-refractivity contribution is 0.0699. The number of rotatable bonds is 10. The smallest absolute Gasteiger partial charge is 0.240 e. The fourth-order valence-electron chi connectivity index (χ4n) is 1.51. The molecule has 8 heteroatoms. The molecule has 1 rings (SSSR count). The van der Waals surface area contributed by atoms with Crippen LogP contribution >= 0.6 is 12.2 Å². The van der Waals surface area contributed by atoms with Crippen molar-refractivity contribution in [3.8, 4) is 0 Å². The summed E-state index contributed by atoms with van der Waals surface area (Å²) in [7, 11) is -1.92. The van der Waals surface area contributed by atoms with E-state index in [1.165, 1.54) is 12.1 Å². The molecule has 0 saturated heterocycles. The Labute approximate surface area is 130 Å². The van der Waals surface area contributed by atoms with Crippen LogP contribution in [0.25, 0.3) is 0 Å². The molecule has 1 aromatic rings. The number of benzene rings is 1. The Morgan fingerprint density at radius 3 is 2.48 bits per heavy atom. The van der Waals surface area contributed by atoms with Gasteiger partial charge in [-0.1, -0.05) is 24.4 Å². The van der Waals surface area contributed by atoms with Gasteiger partial charge in [0.25, 0.3) is 0 Å². The summed E-state index contributed by atoms with van der Waals surface area (Å²) in [5.41, 5.74) is 6.10. The lowest BCUT2D eigenvalue weighted by Crippen LogP contribution is -2.25. The van der Waals surface area contributed by atoms with Gasteiger partial charge in [0, 0.05) is 25.8 Å². The molecule has 0 aromatic heterocycles. The Morgan fingerprint density at radius 2 is 1.90 bits per heavy atom. The van der Waals surface area contributed by atoms with E-state index in [0.717, 1.165) is 0 Å². The van der Waals surface area contributed by atoms with Crippen molar-refractivity contribution in [1.29, 1.82) is 0 Å². The Hall–Kier alpha value is -1.06. The molecule has 0 aliphatic heterocycles. The predicted octanol–water partition coefficient (Wildman–Crippen LogP) is 0.652. The lowest BCUT2D eigenvalue weighted by Gasteiger charge is -2.08. The quantitative estimate of drug-likeness (QED) is 0.483. The zero-order valence-electron chi connectivity index (χ0n) is 11.9. The maximum absolute atomic E-state index is 12.0. The van der Waals surface area contributed by atoms with Crippen molar-refractivity contribution in [3.05, 3.63) is 29.8 Å². The fourth-order valence-corrected chi connectivity index (χ4v) is 2.72. The second kappa shape index (κ2) is 9.06. The van der Waals surface area contributed by atoms with Crippen LogP contribution in [0.3, 0.4) is 0 Å². The van der Waals surface area contributed by atoms with Crippen LogP contribution in [0.5, 0.6) is 0 Å². The van der Waals surface area contributed by atoms with Gasteiger partial charge in [0.2, 0.25) is 10.0 Å². The summed E-state index contributed by atoms with van der Waals surface area (Å²) in [6, 6.07) is 6.13. The van der Waals surface area contributed by atoms with Crippen molar-refractivity contribution in [2.75, 3.05) is 33.5 Å². The maximum Gasteiger partial charge on any atom is 0.240 e. The lowest BCUT2D eigenvalue weighted by atomic mass is 10.2. The molecule has 0 aliphatic carbocycles. The molecule has 0 radical (unpaired) electrons. The minimum atomic E-state index is -3.51. The van der Waals surface area contributed by atoms with E-state index in [1.807, 2.05) is 0 Å². The van der Waals surface area contributed by atoms with Crippen LogP contribution in [-0.4, -0.2) is 46.9 Å². The molecule has 0 aliphatic rings. The van der Waals surface area contributed by atoms with Crippen LogP contribution in [0, 0.1) is 0 Å². The average Bonchev–Trinajstić information content (AvgIpc) is 2.46. The van der Waals surface area contributed by atoms with Gasteiger partial charge in [-0.2, -0.15) is 0 Å². The summed E-state index contributed by atoms with van der Waals surface area (Å²) in [6.45, 7) is 1.82. The van der Waals surface area contributed by atoms with Crippen molar-refractivity contribution in [3.63, 3.8) is 0 Å². The summed E-state index contributed by atoms with van der Waals surface area (Å²) in [6.07, 6.45) is 0.591. The average molecular weight is 332 g/mol. The first-order valence-electron chi connectivity index (χ1n) is 6.43. The molecule has 1 aromatic carbocycles. The van der Waals surface area contributed by atoms with Crippen LogP contribution in [0.4, 0.5) is 0 Å². The molecule has 0 bridgehead atoms. The van der Waals surface area contributed by atoms with Crippen LogP contribution in [0.2, 0.25) is 0 Å². The number of ether oxygens (including phenoxy) is 2. The minimum absolute atomic E-state index is 0.183. The third-order valence-electron chi connectivity index (χ3n) is 2.64. The van der Waals surface area contributed by atoms with Crippen LogP contribution in [0.15, 0.2) is 29.2 Å². The van der Waals surface area contributed by atoms with E-state index in [1.54, 1.807) is 19.2 Å². The standard InChI is InChI=1S/C13H20N2O4S2/c1-18-9-10-19-8-2-7-15-21(16,17)12-5-3-11(4-6-12)13(14)20/h3-6,15H,2,7-10H2,1H3,(H2,14,20). The van der Waals surface area contributed by atoms with Gasteiger partial charge in [0.1, 0.15) is 4.99 Å². The monoisotopic (exact) mass is 332 g/mol. The second-order valence-electron chi connectivity index (χ2n) is 4.25. The number of hydrogen-bond donors (Lipinski definition) is 2. The number of thiocarbonyl (C=S) groups is 1. The SMILES string of the molecule is COCCOCCCNS(=O)(=O)c1ccc(C(N)=S)cc1. The van der Waals surface area contributed by atoms with E-state index >= 15 is 0 Å². The first-order valence-corrected chi connectivity index (χ1v) is 8.32. The van der Waals surface area contributed by atoms with Crippen LogP contribution < -0.4 is 10.5 Å². The van der Waals surface area contributed by atoms with E-state index in [2.05, 4.69) is 4.72 Å². The zero-order chi connectivity index (χ0) is 15.7. The summed E-state index contributed by atoms with van der Waals surface area (Å²) in [5.74, 6) is 0. The first-order chi connectivity index (χ1) is 9.97. The third kappa shape index (κ3) is 6.49. The van der Waals surface area contributed by atoms with Crippen LogP contribution in [-0.2, 0) is 19.5 Å². The van der Waals surface area contributed by atoms with Crippen molar-refractivity contribution in [1.82, 2.24) is 4.72 Å². The molecule has 118 valence electrons. The molecule has 0 spiro atoms. The molecule has 0 heterocycles. The Morgan fingerprint density at radius 1 is 1.24 bits per heavy atom. The highest BCUT2D eigenvalue weighted by atomic mass is 32.2. The number of methoxy groups -OCH3 is 1. The van der Waals surface area contributed by atoms with E-state index in [-0.39, 0.29) is 9.88 Å². The van der Waals surface area contributed by atoms with Crippen LogP contribution in [0.1, 0.15) is 12.0 Å². The van der Waals surface area contributed by atoms with Gasteiger partial charge in [0.15, 0.2) is 0 Å². The van der Waals surface area contributed by atoms with Gasteiger partial charge in [-0.3, -0.25) is 0 Å². The van der Waals surface area contributed by atoms with Crippen molar-refractivity contribution in [2.24, 2.45) is 5.73 Å². The molecule has 0 atom stereocenters. The van der Waals surface area contributed by atoms with Gasteiger partial charge in [0.05, 0.1) is 18.1 Å². The molecule has 3 N–H and O–H groups in total. The van der Waals surface area contributed by atoms with Crippen molar-refractivity contribution >= 4 is 27.2 Å². The molecule has 0 amide bonds. The molecule has 0 unspecified atom stereocenters. The topological polar surface area (TPSA) is 90.6 Å². The highest BCUT2D eigenvalue weighted by molar-refractivity contribution is 7.89. The summed E-state index contributed by atoms with van der Waals surface area (Å²) in [5, 5.41) is 0. The normalized spacial score (nSPS) is 11.5. The van der Waals surface area contributed by atoms with Gasteiger partial charge in [-0.25, -0.2) is 13.1 Å². The molecule has 21 heavy (non-hydrogen) atoms. The Kier molecular flexibility index (Phi) is 7.76. The molecular formula is C13H20N2O4S2. The molecule has 6 nitrogen and oxygen atoms in total. The minimum Gasteiger partial charge on any atom is -0.389 e. The summed E-state index contributed by atoms with van der Waals surface area (Å²) >= 11 is 4.82. The number of hydrogen-bond acceptors (Lipinski definition) is 5. The van der Waals surface area contributed by atoms with Gasteiger partial charge < -0.3 is 15.2 Å². The fraction of sp³-hybridized carbons (Fsp3) is 0.462. The Bertz CT molecular complexity index is 544. The van der Waals surface area contributed by atoms with Gasteiger partial charge in [-0.05, 0) is 18.6 Å². The highest BCUT2D eigenvalue weighted by Crippen LogP contribution is 2.10. The second-order valence-corrected chi connectivity index (χ2v) is 6.45. The summed E-state index contributed by atoms with van der Waals surface area (Å²) in [4.78, 5) is 0.419. The molecule has 0 saturated carbocycles. The third-order valence-corrected chi connectivity index (χ3v) is 4.35. The van der Waals surface area contributed by atoms with Crippen molar-refractivity contribution in [2.45, 2.75) is 11.3 Å². The largest absolute Gasteiger partial charge is 0.389 e. The molecule has 0 fully saturated rings. The highest BCUT2D eigenvalue weighted by Gasteiger charge is 2.13. The first kappa shape index (κ1) is 18.0. The predicted molar refractivity (Wildman–Crippen MR) is 84.8 cm³/mol. The number of sulfonamides is 1.